The number of imide groups is 1. The highest BCUT2D eigenvalue weighted by Gasteiger charge is 2.41. The van der Waals surface area contributed by atoms with E-state index in [4.69, 9.17) is 4.74 Å². The maximum Gasteiger partial charge on any atom is 0.282 e. The first-order valence-corrected chi connectivity index (χ1v) is 11.2. The van der Waals surface area contributed by atoms with E-state index in [0.717, 1.165) is 28.8 Å². The summed E-state index contributed by atoms with van der Waals surface area (Å²) in [6.45, 7) is 8.55. The first-order valence-electron chi connectivity index (χ1n) is 11.2. The maximum atomic E-state index is 13.7. The van der Waals surface area contributed by atoms with E-state index in [1.54, 1.807) is 18.2 Å². The highest BCUT2D eigenvalue weighted by atomic mass is 16.5. The van der Waals surface area contributed by atoms with Gasteiger partial charge in [-0.25, -0.2) is 4.90 Å². The second-order valence-corrected chi connectivity index (χ2v) is 8.30. The van der Waals surface area contributed by atoms with Crippen molar-refractivity contribution in [2.75, 3.05) is 16.8 Å². The number of aryl methyl sites for hydroxylation is 3. The van der Waals surface area contributed by atoms with Crippen molar-refractivity contribution < 1.29 is 14.3 Å². The van der Waals surface area contributed by atoms with Crippen molar-refractivity contribution in [1.82, 2.24) is 0 Å². The summed E-state index contributed by atoms with van der Waals surface area (Å²) in [7, 11) is 0. The molecular formula is C28H28N2O3. The van der Waals surface area contributed by atoms with Gasteiger partial charge in [-0.2, -0.15) is 0 Å². The van der Waals surface area contributed by atoms with Crippen LogP contribution in [0.15, 0.2) is 72.4 Å². The number of rotatable bonds is 7. The number of carbonyl (C=O) groups is 2. The summed E-state index contributed by atoms with van der Waals surface area (Å²) in [5.74, 6) is -0.263. The second-order valence-electron chi connectivity index (χ2n) is 8.30. The Labute approximate surface area is 194 Å². The average molecular weight is 441 g/mol. The van der Waals surface area contributed by atoms with Crippen LogP contribution in [-0.4, -0.2) is 18.4 Å². The fraction of sp³-hybridized carbons (Fsp3) is 0.214. The molecule has 3 aromatic carbocycles. The van der Waals surface area contributed by atoms with Crippen molar-refractivity contribution in [1.29, 1.82) is 0 Å². The molecule has 1 N–H and O–H groups in total. The van der Waals surface area contributed by atoms with E-state index >= 15 is 0 Å². The van der Waals surface area contributed by atoms with Gasteiger partial charge < -0.3 is 10.1 Å². The first-order chi connectivity index (χ1) is 15.9. The summed E-state index contributed by atoms with van der Waals surface area (Å²) in [6, 6.07) is 20.7. The Kier molecular flexibility index (Phi) is 6.31. The van der Waals surface area contributed by atoms with Crippen molar-refractivity contribution in [3.8, 4) is 5.75 Å². The van der Waals surface area contributed by atoms with E-state index in [9.17, 15) is 9.59 Å². The van der Waals surface area contributed by atoms with Crippen LogP contribution in [0.25, 0.3) is 5.57 Å². The van der Waals surface area contributed by atoms with Crippen molar-refractivity contribution in [2.45, 2.75) is 34.1 Å². The molecule has 1 aliphatic rings. The molecule has 5 nitrogen and oxygen atoms in total. The number of amides is 2. The topological polar surface area (TPSA) is 58.6 Å². The van der Waals surface area contributed by atoms with Gasteiger partial charge in [-0.05, 0) is 68.1 Å². The van der Waals surface area contributed by atoms with Crippen molar-refractivity contribution >= 4 is 28.8 Å². The van der Waals surface area contributed by atoms with E-state index in [0.29, 0.717) is 29.2 Å². The summed E-state index contributed by atoms with van der Waals surface area (Å²) in [5.41, 5.74) is 5.85. The van der Waals surface area contributed by atoms with Crippen LogP contribution in [0.4, 0.5) is 11.4 Å². The van der Waals surface area contributed by atoms with Crippen molar-refractivity contribution in [2.24, 2.45) is 0 Å². The lowest BCUT2D eigenvalue weighted by molar-refractivity contribution is -0.120. The molecule has 0 saturated heterocycles. The van der Waals surface area contributed by atoms with Crippen LogP contribution in [-0.2, 0) is 9.59 Å². The van der Waals surface area contributed by atoms with Gasteiger partial charge in [-0.15, -0.1) is 0 Å². The van der Waals surface area contributed by atoms with Gasteiger partial charge in [0.2, 0.25) is 0 Å². The summed E-state index contributed by atoms with van der Waals surface area (Å²) in [5, 5.41) is 3.24. The highest BCUT2D eigenvalue weighted by molar-refractivity contribution is 6.46. The highest BCUT2D eigenvalue weighted by Crippen LogP contribution is 2.38. The van der Waals surface area contributed by atoms with Gasteiger partial charge in [0.05, 0.1) is 17.9 Å². The zero-order valence-corrected chi connectivity index (χ0v) is 19.4. The normalized spacial score (nSPS) is 13.6. The molecule has 0 atom stereocenters. The monoisotopic (exact) mass is 440 g/mol. The van der Waals surface area contributed by atoms with Crippen LogP contribution in [0, 0.1) is 20.8 Å². The number of nitrogens with zero attached hydrogens (tertiary/aromatic N) is 1. The number of carbonyl (C=O) groups excluding carboxylic acids is 2. The van der Waals surface area contributed by atoms with E-state index in [-0.39, 0.29) is 11.6 Å². The fourth-order valence-corrected chi connectivity index (χ4v) is 3.79. The Morgan fingerprint density at radius 3 is 2.27 bits per heavy atom. The molecule has 0 bridgehead atoms. The number of hydrogen-bond donors (Lipinski definition) is 1. The summed E-state index contributed by atoms with van der Waals surface area (Å²) >= 11 is 0. The van der Waals surface area contributed by atoms with Crippen LogP contribution in [0.1, 0.15) is 35.6 Å². The number of para-hydroxylation sites is 2. The smallest absolute Gasteiger partial charge is 0.282 e. The van der Waals surface area contributed by atoms with E-state index in [2.05, 4.69) is 5.32 Å². The zero-order chi connectivity index (χ0) is 23.5. The lowest BCUT2D eigenvalue weighted by atomic mass is 10.0. The molecule has 0 aromatic heterocycles. The number of benzene rings is 3. The average Bonchev–Trinajstić information content (AvgIpc) is 3.05. The Bertz CT molecular complexity index is 1240. The Hall–Kier alpha value is -3.86. The van der Waals surface area contributed by atoms with Gasteiger partial charge in [0, 0.05) is 5.69 Å². The molecule has 5 heteroatoms. The molecule has 0 unspecified atom stereocenters. The van der Waals surface area contributed by atoms with Crippen LogP contribution in [0.5, 0.6) is 5.75 Å². The molecule has 168 valence electrons. The lowest BCUT2D eigenvalue weighted by Crippen LogP contribution is -2.32. The minimum Gasteiger partial charge on any atom is -0.491 e. The number of ether oxygens (including phenoxy) is 1. The van der Waals surface area contributed by atoms with Crippen LogP contribution in [0.3, 0.4) is 0 Å². The first kappa shape index (κ1) is 22.3. The maximum absolute atomic E-state index is 13.7. The Morgan fingerprint density at radius 2 is 1.58 bits per heavy atom. The molecule has 1 heterocycles. The molecule has 4 rings (SSSR count). The summed E-state index contributed by atoms with van der Waals surface area (Å²) < 4.78 is 5.85. The van der Waals surface area contributed by atoms with Gasteiger partial charge in [-0.1, -0.05) is 55.0 Å². The minimum absolute atomic E-state index is 0.261. The standard InChI is InChI=1S/C28H28N2O3/c1-5-16-33-24-9-7-6-8-23(24)30-27(31)25(21-13-10-18(2)11-14-21)26(28(30)32)29-22-15-12-19(3)20(4)17-22/h6-15,17,29H,5,16H2,1-4H3. The predicted molar refractivity (Wildman–Crippen MR) is 132 cm³/mol. The lowest BCUT2D eigenvalue weighted by Gasteiger charge is -2.19. The van der Waals surface area contributed by atoms with Crippen molar-refractivity contribution in [3.05, 3.63) is 94.7 Å². The molecule has 0 aliphatic carbocycles. The van der Waals surface area contributed by atoms with Crippen LogP contribution < -0.4 is 15.0 Å². The SMILES string of the molecule is CCCOc1ccccc1N1C(=O)C(Nc2ccc(C)c(C)c2)=C(c2ccc(C)cc2)C1=O. The van der Waals surface area contributed by atoms with Crippen LogP contribution >= 0.6 is 0 Å². The third-order valence-electron chi connectivity index (χ3n) is 5.77. The van der Waals surface area contributed by atoms with Gasteiger partial charge in [0.25, 0.3) is 11.8 Å². The molecule has 2 amide bonds. The van der Waals surface area contributed by atoms with Crippen molar-refractivity contribution in [3.63, 3.8) is 0 Å². The quantitative estimate of drug-likeness (QED) is 0.472. The number of anilines is 2. The number of hydrogen-bond acceptors (Lipinski definition) is 4. The fourth-order valence-electron chi connectivity index (χ4n) is 3.79. The molecule has 33 heavy (non-hydrogen) atoms. The zero-order valence-electron chi connectivity index (χ0n) is 19.4. The molecule has 3 aromatic rings. The second kappa shape index (κ2) is 9.33. The molecule has 0 saturated carbocycles. The van der Waals surface area contributed by atoms with Crippen LogP contribution in [0.2, 0.25) is 0 Å². The Morgan fingerprint density at radius 1 is 0.848 bits per heavy atom. The van der Waals surface area contributed by atoms with Gasteiger partial charge in [0.1, 0.15) is 11.4 Å². The molecule has 0 fully saturated rings. The largest absolute Gasteiger partial charge is 0.491 e. The van der Waals surface area contributed by atoms with E-state index in [1.165, 1.54) is 4.90 Å². The van der Waals surface area contributed by atoms with E-state index < -0.39 is 5.91 Å². The summed E-state index contributed by atoms with van der Waals surface area (Å²) in [6.07, 6.45) is 0.822. The molecule has 0 spiro atoms. The van der Waals surface area contributed by atoms with Gasteiger partial charge >= 0.3 is 0 Å². The third-order valence-corrected chi connectivity index (χ3v) is 5.77. The molecular weight excluding hydrogens is 412 g/mol. The number of nitrogens with one attached hydrogen (secondary N) is 1. The predicted octanol–water partition coefficient (Wildman–Crippen LogP) is 5.80. The third kappa shape index (κ3) is 4.40. The minimum atomic E-state index is -0.402. The van der Waals surface area contributed by atoms with Gasteiger partial charge in [-0.3, -0.25) is 9.59 Å². The van der Waals surface area contributed by atoms with Gasteiger partial charge in [0.15, 0.2) is 0 Å². The Balaban J connectivity index is 1.81. The summed E-state index contributed by atoms with van der Waals surface area (Å²) in [4.78, 5) is 28.6. The molecule has 0 radical (unpaired) electrons. The molecule has 1 aliphatic heterocycles. The van der Waals surface area contributed by atoms with E-state index in [1.807, 2.05) is 76.2 Å².